The summed E-state index contributed by atoms with van der Waals surface area (Å²) in [6.07, 6.45) is 39.6. The van der Waals surface area contributed by atoms with Crippen LogP contribution in [-0.2, 0) is 23.7 Å². The smallest absolute Gasteiger partial charge is 0.220 e. The molecular weight excluding hydrogens is 979 g/mol. The lowest BCUT2D eigenvalue weighted by atomic mass is 9.97. The Balaban J connectivity index is 1.70. The summed E-state index contributed by atoms with van der Waals surface area (Å²) in [5.41, 5.74) is 0. The lowest BCUT2D eigenvalue weighted by Gasteiger charge is -2.46. The number of nitrogens with one attached hydrogen (secondary N) is 1. The molecule has 77 heavy (non-hydrogen) atoms. The molecule has 2 rings (SSSR count). The van der Waals surface area contributed by atoms with Gasteiger partial charge in [-0.05, 0) is 12.8 Å². The summed E-state index contributed by atoms with van der Waals surface area (Å²) in [5, 5.41) is 87.5. The largest absolute Gasteiger partial charge is 0.394 e. The molecule has 2 fully saturated rings. The summed E-state index contributed by atoms with van der Waals surface area (Å²) in [4.78, 5) is 13.3. The van der Waals surface area contributed by atoms with Crippen molar-refractivity contribution in [1.82, 2.24) is 5.32 Å². The van der Waals surface area contributed by atoms with E-state index >= 15 is 0 Å². The second kappa shape index (κ2) is 49.6. The predicted octanol–water partition coefficient (Wildman–Crippen LogP) is 12.1. The Morgan fingerprint density at radius 1 is 0.416 bits per heavy atom. The molecular formula is C63H123NO13. The fraction of sp³-hybridized carbons (Fsp3) is 0.984. The zero-order valence-corrected chi connectivity index (χ0v) is 49.5. The molecule has 0 aromatic carbocycles. The SMILES string of the molecule is CCCCCCCCCCCCCCCCCCCCCCCCCC(=O)NC(COC1OC(CO)C(OC2OC(CO)C(O)C(O)C2O)C(O)C1O)C(O)CCCCCCCCCCCCCCCCCCCCCC. The van der Waals surface area contributed by atoms with Gasteiger partial charge < -0.3 is 65.1 Å². The van der Waals surface area contributed by atoms with Crippen LogP contribution < -0.4 is 5.32 Å². The Kier molecular flexibility index (Phi) is 46.4. The number of aliphatic hydroxyl groups excluding tert-OH is 8. The van der Waals surface area contributed by atoms with Crippen LogP contribution in [0.4, 0.5) is 0 Å². The van der Waals surface area contributed by atoms with Crippen molar-refractivity contribution in [3.8, 4) is 0 Å². The first-order valence-corrected chi connectivity index (χ1v) is 32.8. The molecule has 0 aromatic heterocycles. The van der Waals surface area contributed by atoms with Gasteiger partial charge in [0, 0.05) is 6.42 Å². The van der Waals surface area contributed by atoms with Gasteiger partial charge in [0.1, 0.15) is 48.8 Å². The number of aliphatic hydroxyl groups is 8. The molecule has 458 valence electrons. The molecule has 2 aliphatic heterocycles. The molecule has 0 saturated carbocycles. The number of unbranched alkanes of at least 4 members (excludes halogenated alkanes) is 41. The number of hydrogen-bond acceptors (Lipinski definition) is 13. The van der Waals surface area contributed by atoms with E-state index in [1.807, 2.05) is 0 Å². The summed E-state index contributed by atoms with van der Waals surface area (Å²) in [6.45, 7) is 2.92. The Bertz CT molecular complexity index is 1300. The van der Waals surface area contributed by atoms with Crippen LogP contribution in [0.15, 0.2) is 0 Å². The van der Waals surface area contributed by atoms with Crippen molar-refractivity contribution < 1.29 is 64.6 Å². The highest BCUT2D eigenvalue weighted by atomic mass is 16.7. The lowest BCUT2D eigenvalue weighted by Crippen LogP contribution is -2.65. The molecule has 0 radical (unpaired) electrons. The van der Waals surface area contributed by atoms with Crippen LogP contribution in [0.1, 0.15) is 303 Å². The van der Waals surface area contributed by atoms with Gasteiger partial charge in [-0.2, -0.15) is 0 Å². The Labute approximate surface area is 470 Å². The maximum absolute atomic E-state index is 13.3. The normalized spacial score (nSPS) is 24.6. The fourth-order valence-electron chi connectivity index (χ4n) is 11.3. The van der Waals surface area contributed by atoms with Crippen molar-refractivity contribution in [3.05, 3.63) is 0 Å². The van der Waals surface area contributed by atoms with E-state index in [1.54, 1.807) is 0 Å². The van der Waals surface area contributed by atoms with Crippen molar-refractivity contribution in [2.75, 3.05) is 19.8 Å². The molecule has 12 atom stereocenters. The van der Waals surface area contributed by atoms with Crippen LogP contribution in [0.3, 0.4) is 0 Å². The van der Waals surface area contributed by atoms with Crippen molar-refractivity contribution in [2.24, 2.45) is 0 Å². The monoisotopic (exact) mass is 1100 g/mol. The Morgan fingerprint density at radius 2 is 0.740 bits per heavy atom. The minimum Gasteiger partial charge on any atom is -0.394 e. The van der Waals surface area contributed by atoms with Crippen molar-refractivity contribution >= 4 is 5.91 Å². The first kappa shape index (κ1) is 72.1. The Hall–Kier alpha value is -1.01. The lowest BCUT2D eigenvalue weighted by molar-refractivity contribution is -0.359. The van der Waals surface area contributed by atoms with Gasteiger partial charge in [-0.1, -0.05) is 284 Å². The Morgan fingerprint density at radius 3 is 1.10 bits per heavy atom. The van der Waals surface area contributed by atoms with Crippen LogP contribution in [0.25, 0.3) is 0 Å². The summed E-state index contributed by atoms with van der Waals surface area (Å²) in [7, 11) is 0. The van der Waals surface area contributed by atoms with Crippen LogP contribution in [0.5, 0.6) is 0 Å². The summed E-state index contributed by atoms with van der Waals surface area (Å²) in [6, 6.07) is -0.823. The van der Waals surface area contributed by atoms with Crippen LogP contribution in [0, 0.1) is 0 Å². The van der Waals surface area contributed by atoms with Crippen molar-refractivity contribution in [2.45, 2.75) is 376 Å². The van der Waals surface area contributed by atoms with Gasteiger partial charge in [0.15, 0.2) is 12.6 Å². The van der Waals surface area contributed by atoms with Gasteiger partial charge in [-0.3, -0.25) is 4.79 Å². The van der Waals surface area contributed by atoms with E-state index in [0.29, 0.717) is 12.8 Å². The van der Waals surface area contributed by atoms with Gasteiger partial charge in [0.2, 0.25) is 5.91 Å². The highest BCUT2D eigenvalue weighted by Gasteiger charge is 2.51. The zero-order valence-electron chi connectivity index (χ0n) is 49.5. The third-order valence-corrected chi connectivity index (χ3v) is 16.6. The first-order chi connectivity index (χ1) is 37.6. The van der Waals surface area contributed by atoms with E-state index < -0.39 is 86.8 Å². The van der Waals surface area contributed by atoms with Crippen LogP contribution in [-0.4, -0.2) is 140 Å². The average Bonchev–Trinajstić information content (AvgIpc) is 3.44. The van der Waals surface area contributed by atoms with E-state index in [1.165, 1.54) is 225 Å². The minimum atomic E-state index is -1.78. The standard InChI is InChI=1S/C63H123NO13/c1-3-5-7-9-11-13-15-17-19-21-23-25-26-27-29-31-33-35-37-39-41-43-45-47-55(68)64-51(52(67)46-44-42-40-38-36-34-32-30-28-24-22-20-18-16-14-12-10-8-6-4-2)50-74-62-60(73)58(71)61(54(49-66)76-62)77-63-59(72)57(70)56(69)53(48-65)75-63/h51-54,56-63,65-67,69-73H,3-50H2,1-2H3,(H,64,68). The van der Waals surface area contributed by atoms with E-state index in [4.69, 9.17) is 18.9 Å². The molecule has 2 aliphatic rings. The molecule has 0 aliphatic carbocycles. The number of carbonyl (C=O) groups excluding carboxylic acids is 1. The highest BCUT2D eigenvalue weighted by molar-refractivity contribution is 5.76. The van der Waals surface area contributed by atoms with Crippen molar-refractivity contribution in [1.29, 1.82) is 0 Å². The number of hydrogen-bond donors (Lipinski definition) is 9. The predicted molar refractivity (Wildman–Crippen MR) is 309 cm³/mol. The van der Waals surface area contributed by atoms with Gasteiger partial charge in [-0.15, -0.1) is 0 Å². The van der Waals surface area contributed by atoms with Gasteiger partial charge >= 0.3 is 0 Å². The third-order valence-electron chi connectivity index (χ3n) is 16.6. The molecule has 1 amide bonds. The molecule has 2 heterocycles. The maximum atomic E-state index is 13.3. The summed E-state index contributed by atoms with van der Waals surface area (Å²) in [5.74, 6) is -0.198. The number of amides is 1. The van der Waals surface area contributed by atoms with Crippen LogP contribution in [0.2, 0.25) is 0 Å². The molecule has 0 bridgehead atoms. The molecule has 2 saturated heterocycles. The number of ether oxygens (including phenoxy) is 4. The quantitative estimate of drug-likeness (QED) is 0.0259. The first-order valence-electron chi connectivity index (χ1n) is 32.8. The second-order valence-electron chi connectivity index (χ2n) is 23.6. The molecule has 14 nitrogen and oxygen atoms in total. The molecule has 0 aromatic rings. The number of rotatable bonds is 54. The van der Waals surface area contributed by atoms with E-state index in [2.05, 4.69) is 19.2 Å². The van der Waals surface area contributed by atoms with E-state index in [-0.39, 0.29) is 12.5 Å². The summed E-state index contributed by atoms with van der Waals surface area (Å²) < 4.78 is 22.9. The van der Waals surface area contributed by atoms with E-state index in [0.717, 1.165) is 51.4 Å². The maximum Gasteiger partial charge on any atom is 0.220 e. The zero-order chi connectivity index (χ0) is 56.0. The van der Waals surface area contributed by atoms with Gasteiger partial charge in [-0.25, -0.2) is 0 Å². The highest BCUT2D eigenvalue weighted by Crippen LogP contribution is 2.30. The number of carbonyl (C=O) groups is 1. The molecule has 0 spiro atoms. The second-order valence-corrected chi connectivity index (χ2v) is 23.6. The molecule has 12 unspecified atom stereocenters. The fourth-order valence-corrected chi connectivity index (χ4v) is 11.3. The average molecular weight is 1100 g/mol. The van der Waals surface area contributed by atoms with Gasteiger partial charge in [0.05, 0.1) is 32.0 Å². The summed E-state index contributed by atoms with van der Waals surface area (Å²) >= 11 is 0. The van der Waals surface area contributed by atoms with Crippen LogP contribution >= 0.6 is 0 Å². The molecule has 14 heteroatoms. The minimum absolute atomic E-state index is 0.198. The van der Waals surface area contributed by atoms with Gasteiger partial charge in [0.25, 0.3) is 0 Å². The topological polar surface area (TPSA) is 228 Å². The third kappa shape index (κ3) is 34.9. The van der Waals surface area contributed by atoms with E-state index in [9.17, 15) is 45.6 Å². The molecule has 9 N–H and O–H groups in total. The van der Waals surface area contributed by atoms with Crippen molar-refractivity contribution in [3.63, 3.8) is 0 Å².